The van der Waals surface area contributed by atoms with E-state index in [1.807, 2.05) is 24.5 Å². The molecule has 0 saturated heterocycles. The van der Waals surface area contributed by atoms with Crippen LogP contribution in [0.2, 0.25) is 0 Å². The molecule has 10 aromatic carbocycles. The minimum atomic E-state index is 0.639. The summed E-state index contributed by atoms with van der Waals surface area (Å²) in [7, 11) is 0. The second-order valence-electron chi connectivity index (χ2n) is 18.8. The lowest BCUT2D eigenvalue weighted by Crippen LogP contribution is -2.03. The number of aromatic nitrogens is 6. The number of nitrogens with zero attached hydrogens (tertiary/aromatic N) is 6. The van der Waals surface area contributed by atoms with Crippen molar-refractivity contribution in [2.75, 3.05) is 0 Å². The highest BCUT2D eigenvalue weighted by Gasteiger charge is 2.21. The Morgan fingerprint density at radius 1 is 0.260 bits per heavy atom. The number of para-hydroxylation sites is 3. The van der Waals surface area contributed by atoms with Crippen LogP contribution in [0.15, 0.2) is 255 Å². The monoisotopic (exact) mass is 930 g/mol. The third-order valence-electron chi connectivity index (χ3n) is 14.8. The summed E-state index contributed by atoms with van der Waals surface area (Å²) >= 11 is 0. The van der Waals surface area contributed by atoms with E-state index in [1.54, 1.807) is 0 Å². The van der Waals surface area contributed by atoms with Crippen LogP contribution >= 0.6 is 0 Å². The summed E-state index contributed by atoms with van der Waals surface area (Å²) in [6, 6.07) is 87.1. The first-order chi connectivity index (χ1) is 36.2. The number of hydrogen-bond acceptors (Lipinski definition) is 3. The number of hydrogen-bond donors (Lipinski definition) is 0. The van der Waals surface area contributed by atoms with Crippen molar-refractivity contribution < 1.29 is 0 Å². The number of pyridine rings is 1. The molecule has 0 aliphatic rings. The fraction of sp³-hybridized carbons (Fsp3) is 0. The predicted molar refractivity (Wildman–Crippen MR) is 302 cm³/mol. The van der Waals surface area contributed by atoms with E-state index in [9.17, 15) is 0 Å². The van der Waals surface area contributed by atoms with Gasteiger partial charge in [-0.25, -0.2) is 9.97 Å². The molecule has 0 aliphatic carbocycles. The van der Waals surface area contributed by atoms with Crippen LogP contribution in [-0.4, -0.2) is 28.7 Å². The van der Waals surface area contributed by atoms with E-state index in [4.69, 9.17) is 9.97 Å². The quantitative estimate of drug-likeness (QED) is 0.160. The Hall–Kier alpha value is -9.91. The Labute approximate surface area is 420 Å². The highest BCUT2D eigenvalue weighted by molar-refractivity contribution is 6.15. The molecule has 340 valence electrons. The van der Waals surface area contributed by atoms with Gasteiger partial charge in [-0.15, -0.1) is 0 Å². The molecule has 6 heteroatoms. The molecular weight excluding hydrogens is 889 g/mol. The van der Waals surface area contributed by atoms with Gasteiger partial charge in [-0.1, -0.05) is 164 Å². The Balaban J connectivity index is 0.854. The molecule has 0 N–H and O–H groups in total. The minimum Gasteiger partial charge on any atom is -0.309 e. The molecule has 15 rings (SSSR count). The van der Waals surface area contributed by atoms with Crippen molar-refractivity contribution in [3.63, 3.8) is 0 Å². The topological polar surface area (TPSA) is 53.5 Å². The number of benzene rings is 10. The zero-order valence-electron chi connectivity index (χ0n) is 39.4. The van der Waals surface area contributed by atoms with Crippen molar-refractivity contribution in [2.45, 2.75) is 0 Å². The first kappa shape index (κ1) is 40.9. The lowest BCUT2D eigenvalue weighted by Gasteiger charge is -2.13. The van der Waals surface area contributed by atoms with Crippen molar-refractivity contribution in [3.05, 3.63) is 255 Å². The zero-order chi connectivity index (χ0) is 48.0. The minimum absolute atomic E-state index is 0.639. The third-order valence-corrected chi connectivity index (χ3v) is 14.8. The van der Waals surface area contributed by atoms with Crippen LogP contribution in [0, 0.1) is 0 Å². The van der Waals surface area contributed by atoms with Crippen LogP contribution in [0.25, 0.3) is 138 Å². The second kappa shape index (κ2) is 16.3. The zero-order valence-corrected chi connectivity index (χ0v) is 39.4. The van der Waals surface area contributed by atoms with Crippen LogP contribution in [0.1, 0.15) is 0 Å². The molecule has 0 fully saturated rings. The molecule has 0 amide bonds. The van der Waals surface area contributed by atoms with Crippen LogP contribution in [0.4, 0.5) is 0 Å². The van der Waals surface area contributed by atoms with E-state index >= 15 is 0 Å². The lowest BCUT2D eigenvalue weighted by atomic mass is 9.92. The average molecular weight is 931 g/mol. The van der Waals surface area contributed by atoms with E-state index in [1.165, 1.54) is 60.0 Å². The maximum atomic E-state index is 5.26. The highest BCUT2D eigenvalue weighted by atomic mass is 15.2. The molecule has 0 atom stereocenters. The predicted octanol–water partition coefficient (Wildman–Crippen LogP) is 17.0. The summed E-state index contributed by atoms with van der Waals surface area (Å²) in [5.41, 5.74) is 17.5. The molecule has 0 aliphatic heterocycles. The van der Waals surface area contributed by atoms with Gasteiger partial charge in [-0.2, -0.15) is 0 Å². The molecule has 0 unspecified atom stereocenters. The SMILES string of the molecule is c1ccc(-c2cc(-c3ccccc3)nc(-n3c4ccccc4c4cc(-c5cccc6c(-c7ccc8c(c7)c7ccccc7n8-c7ccc8c(c7)c7ccncc7n8-c7ccccc7)cccc56)ccc43)n2)cc1. The normalized spacial score (nSPS) is 11.8. The van der Waals surface area contributed by atoms with Gasteiger partial charge in [-0.05, 0) is 112 Å². The lowest BCUT2D eigenvalue weighted by molar-refractivity contribution is 0.995. The maximum Gasteiger partial charge on any atom is 0.235 e. The number of rotatable bonds is 7. The fourth-order valence-corrected chi connectivity index (χ4v) is 11.5. The summed E-state index contributed by atoms with van der Waals surface area (Å²) in [5, 5.41) is 9.52. The fourth-order valence-electron chi connectivity index (χ4n) is 11.5. The smallest absolute Gasteiger partial charge is 0.235 e. The Morgan fingerprint density at radius 3 is 1.32 bits per heavy atom. The Kier molecular flexibility index (Phi) is 9.16. The third kappa shape index (κ3) is 6.47. The van der Waals surface area contributed by atoms with Gasteiger partial charge in [0.2, 0.25) is 5.95 Å². The summed E-state index contributed by atoms with van der Waals surface area (Å²) in [6.45, 7) is 0. The Morgan fingerprint density at radius 2 is 0.712 bits per heavy atom. The van der Waals surface area contributed by atoms with Crippen molar-refractivity contribution in [2.24, 2.45) is 0 Å². The molecule has 0 saturated carbocycles. The molecule has 5 heterocycles. The first-order valence-corrected chi connectivity index (χ1v) is 24.8. The molecule has 0 spiro atoms. The molecule has 0 bridgehead atoms. The van der Waals surface area contributed by atoms with Gasteiger partial charge >= 0.3 is 0 Å². The summed E-state index contributed by atoms with van der Waals surface area (Å²) in [5.74, 6) is 0.639. The van der Waals surface area contributed by atoms with Crippen LogP contribution in [0.3, 0.4) is 0 Å². The first-order valence-electron chi connectivity index (χ1n) is 24.8. The van der Waals surface area contributed by atoms with Gasteiger partial charge in [-0.3, -0.25) is 9.55 Å². The van der Waals surface area contributed by atoms with Gasteiger partial charge in [0.15, 0.2) is 0 Å². The van der Waals surface area contributed by atoms with E-state index in [0.29, 0.717) is 5.95 Å². The van der Waals surface area contributed by atoms with E-state index in [-0.39, 0.29) is 0 Å². The van der Waals surface area contributed by atoms with Crippen molar-refractivity contribution >= 4 is 76.2 Å². The van der Waals surface area contributed by atoms with Crippen LogP contribution < -0.4 is 0 Å². The van der Waals surface area contributed by atoms with E-state index < -0.39 is 0 Å². The standard InChI is InChI=1S/C67H42N6/c1-4-16-43(17-5-1)59-41-60(44-18-6-2-7-19-44)70-67(69-59)73-62-29-13-11-23-54(62)57-39-46(31-34-65(57)73)50-25-15-26-51-49(24-14-27-52(50)51)45-30-33-63-56(38-45)53-22-10-12-28-61(53)72(63)48-32-35-64-58(40-48)55-36-37-68-42-66(55)71(64)47-20-8-3-9-21-47/h1-42H. The van der Waals surface area contributed by atoms with Gasteiger partial charge in [0.25, 0.3) is 0 Å². The molecule has 6 nitrogen and oxygen atoms in total. The van der Waals surface area contributed by atoms with Crippen molar-refractivity contribution in [1.82, 2.24) is 28.7 Å². The van der Waals surface area contributed by atoms with Crippen molar-refractivity contribution in [1.29, 1.82) is 0 Å². The van der Waals surface area contributed by atoms with E-state index in [0.717, 1.165) is 72.3 Å². The summed E-state index contributed by atoms with van der Waals surface area (Å²) < 4.78 is 6.96. The largest absolute Gasteiger partial charge is 0.309 e. The van der Waals surface area contributed by atoms with Gasteiger partial charge in [0.05, 0.1) is 50.7 Å². The maximum absolute atomic E-state index is 5.26. The molecular formula is C67H42N6. The molecule has 15 aromatic rings. The molecule has 5 aromatic heterocycles. The van der Waals surface area contributed by atoms with Gasteiger partial charge in [0.1, 0.15) is 0 Å². The van der Waals surface area contributed by atoms with E-state index in [2.05, 4.69) is 249 Å². The number of fused-ring (bicyclic) bond motifs is 10. The van der Waals surface area contributed by atoms with Gasteiger partial charge in [0, 0.05) is 61.0 Å². The summed E-state index contributed by atoms with van der Waals surface area (Å²) in [6.07, 6.45) is 3.87. The highest BCUT2D eigenvalue weighted by Crippen LogP contribution is 2.42. The Bertz CT molecular complexity index is 4600. The molecule has 73 heavy (non-hydrogen) atoms. The molecule has 0 radical (unpaired) electrons. The van der Waals surface area contributed by atoms with Crippen LogP contribution in [-0.2, 0) is 0 Å². The van der Waals surface area contributed by atoms with Crippen LogP contribution in [0.5, 0.6) is 0 Å². The average Bonchev–Trinajstić information content (AvgIpc) is 4.10. The second-order valence-corrected chi connectivity index (χ2v) is 18.8. The van der Waals surface area contributed by atoms with Crippen molar-refractivity contribution in [3.8, 4) is 62.1 Å². The van der Waals surface area contributed by atoms with Gasteiger partial charge < -0.3 is 9.13 Å². The summed E-state index contributed by atoms with van der Waals surface area (Å²) in [4.78, 5) is 15.1.